The van der Waals surface area contributed by atoms with Crippen LogP contribution in [0.5, 0.6) is 0 Å². The van der Waals surface area contributed by atoms with Crippen LogP contribution >= 0.6 is 0 Å². The zero-order valence-electron chi connectivity index (χ0n) is 14.1. The van der Waals surface area contributed by atoms with Crippen LogP contribution in [0, 0.1) is 0 Å². The molecular weight excluding hydrogens is 339 g/mol. The summed E-state index contributed by atoms with van der Waals surface area (Å²) in [6.07, 6.45) is 5.82. The number of rotatable bonds is 1. The van der Waals surface area contributed by atoms with Gasteiger partial charge in [0.1, 0.15) is 0 Å². The maximum atomic E-state index is 4.33. The summed E-state index contributed by atoms with van der Waals surface area (Å²) in [5.41, 5.74) is 0. The molecule has 0 unspecified atom stereocenters. The Labute approximate surface area is 123 Å². The van der Waals surface area contributed by atoms with Crippen LogP contribution in [0.2, 0.25) is 10.3 Å². The van der Waals surface area contributed by atoms with E-state index in [1.807, 2.05) is 0 Å². The first-order chi connectivity index (χ1) is 8.36. The zero-order chi connectivity index (χ0) is 15.1. The molecule has 0 aliphatic heterocycles. The summed E-state index contributed by atoms with van der Waals surface area (Å²) >= 11 is -2.86. The normalized spacial score (nSPS) is 14.6. The van der Waals surface area contributed by atoms with E-state index in [4.69, 9.17) is 0 Å². The molecule has 0 spiro atoms. The molecule has 0 fully saturated rings. The van der Waals surface area contributed by atoms with Crippen molar-refractivity contribution in [1.82, 2.24) is 9.97 Å². The molecule has 0 aliphatic carbocycles. The molecule has 1 rings (SSSR count). The van der Waals surface area contributed by atoms with Crippen molar-refractivity contribution >= 4 is 22.0 Å². The predicted octanol–water partition coefficient (Wildman–Crippen LogP) is 4.53. The van der Waals surface area contributed by atoms with Crippen molar-refractivity contribution in [2.45, 2.75) is 72.6 Å². The molecule has 0 bridgehead atoms. The summed E-state index contributed by atoms with van der Waals surface area (Å²) < 4.78 is 2.39. The van der Waals surface area contributed by atoms with Gasteiger partial charge >= 0.3 is 123 Å². The molecule has 19 heavy (non-hydrogen) atoms. The minimum absolute atomic E-state index is 0.315. The molecule has 0 saturated carbocycles. The fraction of sp³-hybridized carbons (Fsp3) is 0.750. The molecule has 0 amide bonds. The molecule has 0 radical (unpaired) electrons. The second kappa shape index (κ2) is 5.01. The Morgan fingerprint density at radius 2 is 1.00 bits per heavy atom. The van der Waals surface area contributed by atoms with E-state index < -0.39 is 18.4 Å². The summed E-state index contributed by atoms with van der Waals surface area (Å²) in [6, 6.07) is 0. The van der Waals surface area contributed by atoms with E-state index in [-0.39, 0.29) is 0 Å². The van der Waals surface area contributed by atoms with E-state index in [1.165, 1.54) is 3.58 Å². The van der Waals surface area contributed by atoms with E-state index in [0.29, 0.717) is 10.3 Å². The Balaban J connectivity index is 3.76. The van der Waals surface area contributed by atoms with Crippen LogP contribution in [-0.2, 0) is 0 Å². The fourth-order valence-electron chi connectivity index (χ4n) is 5.17. The van der Waals surface area contributed by atoms with Crippen LogP contribution < -0.4 is 3.58 Å². The van der Waals surface area contributed by atoms with Gasteiger partial charge in [0.2, 0.25) is 0 Å². The van der Waals surface area contributed by atoms with Crippen molar-refractivity contribution < 1.29 is 0 Å². The fourth-order valence-corrected chi connectivity index (χ4v) is 33.4. The average Bonchev–Trinajstić information content (AvgIpc) is 2.12. The molecule has 0 aromatic carbocycles. The molecule has 0 aliphatic rings. The van der Waals surface area contributed by atoms with Crippen molar-refractivity contribution in [3.05, 3.63) is 18.7 Å². The average molecular weight is 369 g/mol. The SMILES string of the molecule is C[C](C)(C)[Sn]([c]1cncnc1)([C](C)(C)C)[C](C)(C)C. The van der Waals surface area contributed by atoms with Crippen molar-refractivity contribution in [3.63, 3.8) is 0 Å². The zero-order valence-corrected chi connectivity index (χ0v) is 17.0. The van der Waals surface area contributed by atoms with Crippen molar-refractivity contribution in [2.24, 2.45) is 0 Å². The summed E-state index contributed by atoms with van der Waals surface area (Å²) in [5.74, 6) is 0. The van der Waals surface area contributed by atoms with Crippen LogP contribution in [0.15, 0.2) is 18.7 Å². The summed E-state index contributed by atoms with van der Waals surface area (Å²) in [5, 5.41) is 0. The molecule has 0 saturated heterocycles. The van der Waals surface area contributed by atoms with Crippen LogP contribution in [0.3, 0.4) is 0 Å². The van der Waals surface area contributed by atoms with Crippen molar-refractivity contribution in [1.29, 1.82) is 0 Å². The molecular formula is C16H30N2Sn. The number of hydrogen-bond acceptors (Lipinski definition) is 2. The van der Waals surface area contributed by atoms with E-state index in [2.05, 4.69) is 84.7 Å². The first kappa shape index (κ1) is 16.9. The minimum atomic E-state index is -2.86. The Hall–Kier alpha value is -0.121. The van der Waals surface area contributed by atoms with Gasteiger partial charge < -0.3 is 0 Å². The Kier molecular flexibility index (Phi) is 4.47. The van der Waals surface area contributed by atoms with Crippen LogP contribution in [0.4, 0.5) is 0 Å². The quantitative estimate of drug-likeness (QED) is 0.680. The molecule has 2 nitrogen and oxygen atoms in total. The Morgan fingerprint density at radius 3 is 1.26 bits per heavy atom. The standard InChI is InChI=1S/C4H3N2.3C4H9.Sn/c1-2-5-4-6-3-1;3*1-4(2)3;/h2-4H;3*1-3H3;. The van der Waals surface area contributed by atoms with Gasteiger partial charge in [-0.3, -0.25) is 0 Å². The number of aromatic nitrogens is 2. The van der Waals surface area contributed by atoms with Gasteiger partial charge in [-0.15, -0.1) is 0 Å². The maximum absolute atomic E-state index is 4.33. The van der Waals surface area contributed by atoms with Crippen LogP contribution in [0.1, 0.15) is 62.3 Å². The van der Waals surface area contributed by atoms with E-state index in [1.54, 1.807) is 6.33 Å². The van der Waals surface area contributed by atoms with E-state index in [0.717, 1.165) is 0 Å². The molecule has 3 heteroatoms. The van der Waals surface area contributed by atoms with Gasteiger partial charge in [0, 0.05) is 0 Å². The third-order valence-corrected chi connectivity index (χ3v) is 26.8. The molecule has 1 aromatic rings. The monoisotopic (exact) mass is 370 g/mol. The summed E-state index contributed by atoms with van der Waals surface area (Å²) in [4.78, 5) is 8.67. The number of nitrogens with zero attached hydrogens (tertiary/aromatic N) is 2. The third kappa shape index (κ3) is 2.70. The molecule has 108 valence electrons. The molecule has 0 N–H and O–H groups in total. The molecule has 1 heterocycles. The van der Waals surface area contributed by atoms with Gasteiger partial charge in [-0.1, -0.05) is 0 Å². The number of hydrogen-bond donors (Lipinski definition) is 0. The van der Waals surface area contributed by atoms with Crippen LogP contribution in [0.25, 0.3) is 0 Å². The first-order valence-corrected chi connectivity index (χ1v) is 12.8. The Morgan fingerprint density at radius 1 is 0.684 bits per heavy atom. The predicted molar refractivity (Wildman–Crippen MR) is 86.6 cm³/mol. The van der Waals surface area contributed by atoms with Gasteiger partial charge in [0.05, 0.1) is 0 Å². The van der Waals surface area contributed by atoms with Gasteiger partial charge in [0.25, 0.3) is 0 Å². The van der Waals surface area contributed by atoms with Gasteiger partial charge in [-0.05, 0) is 0 Å². The van der Waals surface area contributed by atoms with Crippen molar-refractivity contribution in [3.8, 4) is 0 Å². The van der Waals surface area contributed by atoms with Crippen LogP contribution in [-0.4, -0.2) is 28.3 Å². The Bertz CT molecular complexity index is 383. The third-order valence-electron chi connectivity index (χ3n) is 4.37. The summed E-state index contributed by atoms with van der Waals surface area (Å²) in [6.45, 7) is 21.8. The topological polar surface area (TPSA) is 25.8 Å². The van der Waals surface area contributed by atoms with Gasteiger partial charge in [-0.25, -0.2) is 0 Å². The van der Waals surface area contributed by atoms with Gasteiger partial charge in [0.15, 0.2) is 0 Å². The van der Waals surface area contributed by atoms with E-state index >= 15 is 0 Å². The first-order valence-electron chi connectivity index (χ1n) is 7.11. The summed E-state index contributed by atoms with van der Waals surface area (Å²) in [7, 11) is 0. The van der Waals surface area contributed by atoms with E-state index in [9.17, 15) is 0 Å². The van der Waals surface area contributed by atoms with Gasteiger partial charge in [-0.2, -0.15) is 0 Å². The second-order valence-electron chi connectivity index (χ2n) is 8.63. The molecule has 0 atom stereocenters. The second-order valence-corrected chi connectivity index (χ2v) is 27.4. The van der Waals surface area contributed by atoms with Crippen molar-refractivity contribution in [2.75, 3.05) is 0 Å². The molecule has 1 aromatic heterocycles.